The molecule has 8 heteroatoms. The van der Waals surface area contributed by atoms with Gasteiger partial charge in [0, 0.05) is 14.1 Å². The van der Waals surface area contributed by atoms with Crippen molar-refractivity contribution in [1.82, 2.24) is 9.21 Å². The molecule has 2 aliphatic heterocycles. The van der Waals surface area contributed by atoms with Crippen molar-refractivity contribution >= 4 is 22.0 Å². The minimum Gasteiger partial charge on any atom is -0.598 e. The van der Waals surface area contributed by atoms with E-state index in [2.05, 4.69) is 5.16 Å². The maximum Gasteiger partial charge on any atom is 0.271 e. The van der Waals surface area contributed by atoms with E-state index in [-0.39, 0.29) is 31.0 Å². The van der Waals surface area contributed by atoms with E-state index in [4.69, 9.17) is 4.84 Å². The number of fused-ring (bicyclic) bond motifs is 1. The SMILES string of the molecule is CN(C)C(=O)C1=NOC2CN([S+](C)(=O)[O-])CC12. The number of carbonyl (C=O) groups is 1. The van der Waals surface area contributed by atoms with Crippen molar-refractivity contribution in [3.63, 3.8) is 0 Å². The Labute approximate surface area is 101 Å². The molecule has 1 fully saturated rings. The monoisotopic (exact) mass is 261 g/mol. The van der Waals surface area contributed by atoms with Crippen LogP contribution >= 0.6 is 0 Å². The van der Waals surface area contributed by atoms with Gasteiger partial charge in [0.2, 0.25) is 0 Å². The fourth-order valence-electron chi connectivity index (χ4n) is 2.00. The van der Waals surface area contributed by atoms with E-state index in [1.807, 2.05) is 0 Å². The first-order chi connectivity index (χ1) is 7.80. The Morgan fingerprint density at radius 3 is 2.76 bits per heavy atom. The molecular weight excluding hydrogens is 246 g/mol. The third-order valence-electron chi connectivity index (χ3n) is 2.96. The zero-order chi connectivity index (χ0) is 12.8. The van der Waals surface area contributed by atoms with Crippen LogP contribution < -0.4 is 0 Å². The molecule has 96 valence electrons. The molecule has 0 radical (unpaired) electrons. The Hall–Kier alpha value is -0.990. The molecule has 17 heavy (non-hydrogen) atoms. The van der Waals surface area contributed by atoms with Crippen molar-refractivity contribution in [3.8, 4) is 0 Å². The van der Waals surface area contributed by atoms with Gasteiger partial charge in [0.1, 0.15) is 16.7 Å². The summed E-state index contributed by atoms with van der Waals surface area (Å²) in [5.74, 6) is -0.479. The predicted molar refractivity (Wildman–Crippen MR) is 60.8 cm³/mol. The van der Waals surface area contributed by atoms with E-state index in [1.54, 1.807) is 14.1 Å². The molecule has 0 aliphatic carbocycles. The van der Waals surface area contributed by atoms with Crippen LogP contribution in [0.25, 0.3) is 0 Å². The van der Waals surface area contributed by atoms with Crippen LogP contribution in [0.5, 0.6) is 0 Å². The van der Waals surface area contributed by atoms with Gasteiger partial charge >= 0.3 is 0 Å². The van der Waals surface area contributed by atoms with Gasteiger partial charge in [-0.25, -0.2) is 0 Å². The summed E-state index contributed by atoms with van der Waals surface area (Å²) in [5, 5.41) is 3.76. The Morgan fingerprint density at radius 2 is 2.24 bits per heavy atom. The number of sulfonamides is 1. The van der Waals surface area contributed by atoms with Gasteiger partial charge in [0.05, 0.1) is 19.0 Å². The number of amides is 1. The van der Waals surface area contributed by atoms with Gasteiger partial charge in [-0.2, -0.15) is 0 Å². The standard InChI is InChI=1S/C9H15N3O4S/c1-11(2)9(13)8-6-4-12(17(3,14)15)5-7(6)16-10-8/h6-7H,4-5H2,1-3H3. The van der Waals surface area contributed by atoms with Gasteiger partial charge in [-0.1, -0.05) is 9.36 Å². The summed E-state index contributed by atoms with van der Waals surface area (Å²) >= 11 is 0. The lowest BCUT2D eigenvalue weighted by molar-refractivity contribution is -0.122. The lowest BCUT2D eigenvalue weighted by Gasteiger charge is -2.20. The lowest BCUT2D eigenvalue weighted by atomic mass is 10.0. The van der Waals surface area contributed by atoms with Gasteiger partial charge in [0.15, 0.2) is 11.8 Å². The normalized spacial score (nSPS) is 31.4. The highest BCUT2D eigenvalue weighted by Crippen LogP contribution is 2.30. The Balaban J connectivity index is 2.13. The Bertz CT molecular complexity index is 416. The molecule has 0 aromatic carbocycles. The molecule has 0 bridgehead atoms. The highest BCUT2D eigenvalue weighted by Gasteiger charge is 2.49. The largest absolute Gasteiger partial charge is 0.598 e. The van der Waals surface area contributed by atoms with Crippen molar-refractivity contribution < 1.29 is 18.4 Å². The number of rotatable bonds is 2. The number of carbonyl (C=O) groups excluding carboxylic acids is 1. The van der Waals surface area contributed by atoms with Crippen LogP contribution in [0.4, 0.5) is 0 Å². The minimum atomic E-state index is -3.24. The molecule has 2 aliphatic rings. The molecule has 0 aromatic rings. The zero-order valence-corrected chi connectivity index (χ0v) is 10.8. The van der Waals surface area contributed by atoms with Crippen molar-refractivity contribution in [1.29, 1.82) is 0 Å². The summed E-state index contributed by atoms with van der Waals surface area (Å²) in [7, 11) is 0.0124. The average Bonchev–Trinajstić information content (AvgIpc) is 2.72. The van der Waals surface area contributed by atoms with Crippen LogP contribution in [0.2, 0.25) is 0 Å². The van der Waals surface area contributed by atoms with Crippen molar-refractivity contribution in [3.05, 3.63) is 0 Å². The second-order valence-corrected chi connectivity index (χ2v) is 6.49. The summed E-state index contributed by atoms with van der Waals surface area (Å²) in [5.41, 5.74) is 0.311. The van der Waals surface area contributed by atoms with Gasteiger partial charge in [-0.05, 0) is 0 Å². The van der Waals surface area contributed by atoms with E-state index in [1.165, 1.54) is 9.21 Å². The fourth-order valence-corrected chi connectivity index (χ4v) is 2.85. The van der Waals surface area contributed by atoms with Crippen molar-refractivity contribution in [2.24, 2.45) is 11.1 Å². The van der Waals surface area contributed by atoms with Crippen LogP contribution in [0.1, 0.15) is 0 Å². The fraction of sp³-hybridized carbons (Fsp3) is 0.778. The molecule has 0 aromatic heterocycles. The van der Waals surface area contributed by atoms with Gasteiger partial charge < -0.3 is 14.3 Å². The highest BCUT2D eigenvalue weighted by molar-refractivity contribution is 7.94. The molecule has 1 amide bonds. The van der Waals surface area contributed by atoms with Crippen LogP contribution in [-0.2, 0) is 24.2 Å². The maximum absolute atomic E-state index is 11.8. The molecule has 3 atom stereocenters. The van der Waals surface area contributed by atoms with E-state index >= 15 is 0 Å². The molecule has 7 nitrogen and oxygen atoms in total. The van der Waals surface area contributed by atoms with Crippen LogP contribution in [0, 0.1) is 5.92 Å². The Morgan fingerprint density at radius 1 is 1.59 bits per heavy atom. The summed E-state index contributed by atoms with van der Waals surface area (Å²) in [6.45, 7) is 0.527. The van der Waals surface area contributed by atoms with Gasteiger partial charge in [0.25, 0.3) is 5.91 Å². The van der Waals surface area contributed by atoms with E-state index < -0.39 is 10.4 Å². The number of hydrogen-bond acceptors (Lipinski definition) is 5. The summed E-state index contributed by atoms with van der Waals surface area (Å²) in [6, 6.07) is 0. The molecule has 2 heterocycles. The first-order valence-electron chi connectivity index (χ1n) is 5.21. The summed E-state index contributed by atoms with van der Waals surface area (Å²) in [6.07, 6.45) is 0.821. The number of oxime groups is 1. The van der Waals surface area contributed by atoms with Gasteiger partial charge in [-0.3, -0.25) is 4.79 Å². The average molecular weight is 261 g/mol. The smallest absolute Gasteiger partial charge is 0.271 e. The predicted octanol–water partition coefficient (Wildman–Crippen LogP) is -1.06. The molecule has 1 saturated heterocycles. The van der Waals surface area contributed by atoms with Gasteiger partial charge in [-0.15, -0.1) is 4.31 Å². The number of nitrogens with zero attached hydrogens (tertiary/aromatic N) is 3. The quantitative estimate of drug-likeness (QED) is 0.593. The van der Waals surface area contributed by atoms with Crippen LogP contribution in [0.15, 0.2) is 5.16 Å². The molecule has 0 saturated carbocycles. The molecular formula is C9H15N3O4S. The van der Waals surface area contributed by atoms with E-state index in [0.29, 0.717) is 5.71 Å². The second-order valence-electron chi connectivity index (χ2n) is 4.51. The maximum atomic E-state index is 11.8. The third-order valence-corrected chi connectivity index (χ3v) is 4.20. The van der Waals surface area contributed by atoms with Crippen LogP contribution in [0.3, 0.4) is 0 Å². The minimum absolute atomic E-state index is 0.229. The first kappa shape index (κ1) is 12.5. The Kier molecular flexibility index (Phi) is 2.96. The molecule has 2 rings (SSSR count). The second kappa shape index (κ2) is 4.04. The van der Waals surface area contributed by atoms with Crippen molar-refractivity contribution in [2.75, 3.05) is 33.4 Å². The third kappa shape index (κ3) is 2.20. The zero-order valence-electron chi connectivity index (χ0n) is 9.95. The first-order valence-corrected chi connectivity index (χ1v) is 7.06. The van der Waals surface area contributed by atoms with E-state index in [9.17, 15) is 13.6 Å². The highest BCUT2D eigenvalue weighted by atomic mass is 32.3. The topological polar surface area (TPSA) is 85.3 Å². The van der Waals surface area contributed by atoms with Crippen molar-refractivity contribution in [2.45, 2.75) is 6.10 Å². The summed E-state index contributed by atoms with van der Waals surface area (Å²) in [4.78, 5) is 18.3. The number of hydrogen-bond donors (Lipinski definition) is 0. The summed E-state index contributed by atoms with van der Waals surface area (Å²) < 4.78 is 24.1. The van der Waals surface area contributed by atoms with Crippen LogP contribution in [-0.4, -0.2) is 64.9 Å². The molecule has 0 spiro atoms. The molecule has 0 N–H and O–H groups in total. The van der Waals surface area contributed by atoms with E-state index in [0.717, 1.165) is 6.26 Å². The lowest BCUT2D eigenvalue weighted by Crippen LogP contribution is -2.37. The molecule has 3 unspecified atom stereocenters.